The van der Waals surface area contributed by atoms with Crippen LogP contribution in [0.25, 0.3) is 0 Å². The zero-order chi connectivity index (χ0) is 19.6. The lowest BCUT2D eigenvalue weighted by Crippen LogP contribution is -2.38. The fraction of sp³-hybridized carbons (Fsp3) is 0.500. The van der Waals surface area contributed by atoms with Gasteiger partial charge >= 0.3 is 0 Å². The second kappa shape index (κ2) is 11.3. The van der Waals surface area contributed by atoms with Gasteiger partial charge in [-0.25, -0.2) is 4.98 Å². The largest absolute Gasteiger partial charge is 0.375 e. The molecule has 7 heteroatoms. The predicted molar refractivity (Wildman–Crippen MR) is 115 cm³/mol. The van der Waals surface area contributed by atoms with Crippen LogP contribution in [0.4, 0.5) is 0 Å². The number of aliphatic imine (C=N–C) groups is 1. The van der Waals surface area contributed by atoms with E-state index in [0.29, 0.717) is 0 Å². The van der Waals surface area contributed by atoms with Crippen molar-refractivity contribution in [2.45, 2.75) is 39.3 Å². The SMILES string of the molecule is CCNC(=NCCCc1ccc(Cl)cc1)N(C)Cc1csc(C(C)OC)n1. The van der Waals surface area contributed by atoms with Crippen LogP contribution in [0.5, 0.6) is 0 Å². The van der Waals surface area contributed by atoms with E-state index in [2.05, 4.69) is 39.6 Å². The summed E-state index contributed by atoms with van der Waals surface area (Å²) in [7, 11) is 3.75. The van der Waals surface area contributed by atoms with E-state index in [4.69, 9.17) is 21.3 Å². The Bertz CT molecular complexity index is 717. The monoisotopic (exact) mass is 408 g/mol. The van der Waals surface area contributed by atoms with Crippen LogP contribution in [0.15, 0.2) is 34.6 Å². The number of aryl methyl sites for hydroxylation is 1. The first-order chi connectivity index (χ1) is 13.0. The second-order valence-electron chi connectivity index (χ2n) is 6.38. The number of hydrogen-bond donors (Lipinski definition) is 1. The molecule has 0 fully saturated rings. The molecule has 1 heterocycles. The third kappa shape index (κ3) is 7.13. The number of hydrogen-bond acceptors (Lipinski definition) is 4. The van der Waals surface area contributed by atoms with Gasteiger partial charge in [0.05, 0.1) is 12.2 Å². The first-order valence-electron chi connectivity index (χ1n) is 9.24. The van der Waals surface area contributed by atoms with Crippen LogP contribution in [0.3, 0.4) is 0 Å². The Kier molecular flexibility index (Phi) is 9.04. The van der Waals surface area contributed by atoms with E-state index in [9.17, 15) is 0 Å². The standard InChI is InChI=1S/C20H29ClN4OS/c1-5-22-20(23-12-6-7-16-8-10-17(21)11-9-16)25(3)13-18-14-27-19(24-18)15(2)26-4/h8-11,14-15H,5-7,12-13H2,1-4H3,(H,22,23). The maximum atomic E-state index is 5.93. The molecule has 0 amide bonds. The minimum Gasteiger partial charge on any atom is -0.375 e. The van der Waals surface area contributed by atoms with E-state index in [-0.39, 0.29) is 6.10 Å². The summed E-state index contributed by atoms with van der Waals surface area (Å²) in [6, 6.07) is 8.02. The number of nitrogens with one attached hydrogen (secondary N) is 1. The summed E-state index contributed by atoms with van der Waals surface area (Å²) in [6.45, 7) is 6.43. The summed E-state index contributed by atoms with van der Waals surface area (Å²) < 4.78 is 5.34. The minimum absolute atomic E-state index is 0.0313. The molecule has 0 aliphatic rings. The zero-order valence-corrected chi connectivity index (χ0v) is 18.1. The topological polar surface area (TPSA) is 49.8 Å². The van der Waals surface area contributed by atoms with Gasteiger partial charge in [-0.3, -0.25) is 4.99 Å². The molecule has 1 atom stereocenters. The number of guanidine groups is 1. The van der Waals surface area contributed by atoms with Gasteiger partial charge in [0.15, 0.2) is 5.96 Å². The summed E-state index contributed by atoms with van der Waals surface area (Å²) in [5.74, 6) is 0.906. The zero-order valence-electron chi connectivity index (χ0n) is 16.5. The first-order valence-corrected chi connectivity index (χ1v) is 10.5. The van der Waals surface area contributed by atoms with E-state index >= 15 is 0 Å². The smallest absolute Gasteiger partial charge is 0.194 e. The predicted octanol–water partition coefficient (Wildman–Crippen LogP) is 4.53. The van der Waals surface area contributed by atoms with Crippen LogP contribution in [0, 0.1) is 0 Å². The molecule has 0 bridgehead atoms. The summed E-state index contributed by atoms with van der Waals surface area (Å²) in [5.41, 5.74) is 2.32. The molecule has 1 unspecified atom stereocenters. The summed E-state index contributed by atoms with van der Waals surface area (Å²) in [5, 5.41) is 7.23. The van der Waals surface area contributed by atoms with Crippen LogP contribution in [-0.2, 0) is 17.7 Å². The van der Waals surface area contributed by atoms with Gasteiger partial charge < -0.3 is 15.0 Å². The molecule has 0 saturated heterocycles. The molecular formula is C20H29ClN4OS. The van der Waals surface area contributed by atoms with Gasteiger partial charge in [-0.2, -0.15) is 0 Å². The highest BCUT2D eigenvalue weighted by molar-refractivity contribution is 7.09. The molecule has 2 aromatic rings. The maximum Gasteiger partial charge on any atom is 0.194 e. The molecule has 0 spiro atoms. The van der Waals surface area contributed by atoms with Gasteiger partial charge in [-0.1, -0.05) is 23.7 Å². The Morgan fingerprint density at radius 3 is 2.78 bits per heavy atom. The molecule has 0 radical (unpaired) electrons. The summed E-state index contributed by atoms with van der Waals surface area (Å²) >= 11 is 7.57. The number of thiazole rings is 1. The first kappa shape index (κ1) is 21.7. The van der Waals surface area contributed by atoms with E-state index in [0.717, 1.165) is 54.2 Å². The molecule has 0 aliphatic carbocycles. The lowest BCUT2D eigenvalue weighted by atomic mass is 10.1. The van der Waals surface area contributed by atoms with Gasteiger partial charge in [0, 0.05) is 37.6 Å². The molecule has 5 nitrogen and oxygen atoms in total. The van der Waals surface area contributed by atoms with Gasteiger partial charge in [-0.15, -0.1) is 11.3 Å². The molecule has 1 aromatic heterocycles. The average Bonchev–Trinajstić information content (AvgIpc) is 3.13. The third-order valence-electron chi connectivity index (χ3n) is 4.16. The second-order valence-corrected chi connectivity index (χ2v) is 7.70. The third-order valence-corrected chi connectivity index (χ3v) is 5.47. The van der Waals surface area contributed by atoms with Gasteiger partial charge in [-0.05, 0) is 44.4 Å². The molecule has 0 aliphatic heterocycles. The van der Waals surface area contributed by atoms with Crippen LogP contribution < -0.4 is 5.32 Å². The molecular weight excluding hydrogens is 380 g/mol. The van der Waals surface area contributed by atoms with Crippen molar-refractivity contribution in [3.63, 3.8) is 0 Å². The van der Waals surface area contributed by atoms with Crippen LogP contribution >= 0.6 is 22.9 Å². The van der Waals surface area contributed by atoms with Crippen LogP contribution in [0.1, 0.15) is 42.6 Å². The van der Waals surface area contributed by atoms with Crippen molar-refractivity contribution < 1.29 is 4.74 Å². The molecule has 1 aromatic carbocycles. The van der Waals surface area contributed by atoms with Crippen LogP contribution in [-0.4, -0.2) is 43.1 Å². The van der Waals surface area contributed by atoms with E-state index < -0.39 is 0 Å². The Morgan fingerprint density at radius 2 is 2.11 bits per heavy atom. The number of rotatable bonds is 9. The van der Waals surface area contributed by atoms with Gasteiger partial charge in [0.1, 0.15) is 11.1 Å². The van der Waals surface area contributed by atoms with Crippen molar-refractivity contribution in [3.05, 3.63) is 50.9 Å². The van der Waals surface area contributed by atoms with E-state index in [1.54, 1.807) is 18.4 Å². The highest BCUT2D eigenvalue weighted by Gasteiger charge is 2.12. The van der Waals surface area contributed by atoms with Crippen molar-refractivity contribution in [1.82, 2.24) is 15.2 Å². The van der Waals surface area contributed by atoms with Crippen molar-refractivity contribution in [2.75, 3.05) is 27.2 Å². The Morgan fingerprint density at radius 1 is 1.37 bits per heavy atom. The molecule has 27 heavy (non-hydrogen) atoms. The molecule has 1 N–H and O–H groups in total. The number of methoxy groups -OCH3 is 1. The lowest BCUT2D eigenvalue weighted by molar-refractivity contribution is 0.119. The number of nitrogens with zero attached hydrogens (tertiary/aromatic N) is 3. The minimum atomic E-state index is 0.0313. The Balaban J connectivity index is 1.89. The number of benzene rings is 1. The van der Waals surface area contributed by atoms with Crippen molar-refractivity contribution in [1.29, 1.82) is 0 Å². The lowest BCUT2D eigenvalue weighted by Gasteiger charge is -2.21. The number of aromatic nitrogens is 1. The fourth-order valence-electron chi connectivity index (χ4n) is 2.59. The van der Waals surface area contributed by atoms with Crippen molar-refractivity contribution in [2.24, 2.45) is 4.99 Å². The Labute approximate surface area is 171 Å². The number of halogens is 1. The highest BCUT2D eigenvalue weighted by Crippen LogP contribution is 2.21. The highest BCUT2D eigenvalue weighted by atomic mass is 35.5. The Hall–Kier alpha value is -1.63. The summed E-state index contributed by atoms with van der Waals surface area (Å²) in [4.78, 5) is 11.5. The van der Waals surface area contributed by atoms with E-state index in [1.165, 1.54) is 5.56 Å². The maximum absolute atomic E-state index is 5.93. The van der Waals surface area contributed by atoms with Crippen molar-refractivity contribution in [3.8, 4) is 0 Å². The quantitative estimate of drug-likeness (QED) is 0.376. The average molecular weight is 409 g/mol. The van der Waals surface area contributed by atoms with Crippen LogP contribution in [0.2, 0.25) is 5.02 Å². The summed E-state index contributed by atoms with van der Waals surface area (Å²) in [6.07, 6.45) is 2.02. The molecule has 0 saturated carbocycles. The van der Waals surface area contributed by atoms with Crippen molar-refractivity contribution >= 4 is 28.9 Å². The fourth-order valence-corrected chi connectivity index (χ4v) is 3.56. The molecule has 148 valence electrons. The molecule has 2 rings (SSSR count). The van der Waals surface area contributed by atoms with Gasteiger partial charge in [0.2, 0.25) is 0 Å². The van der Waals surface area contributed by atoms with Gasteiger partial charge in [0.25, 0.3) is 0 Å². The number of ether oxygens (including phenoxy) is 1. The normalized spacial score (nSPS) is 12.9. The van der Waals surface area contributed by atoms with E-state index in [1.807, 2.05) is 26.1 Å².